The van der Waals surface area contributed by atoms with Crippen molar-refractivity contribution in [2.45, 2.75) is 31.8 Å². The van der Waals surface area contributed by atoms with Crippen molar-refractivity contribution in [3.8, 4) is 11.5 Å². The summed E-state index contributed by atoms with van der Waals surface area (Å²) >= 11 is 0. The summed E-state index contributed by atoms with van der Waals surface area (Å²) in [5.41, 5.74) is -0.0204. The number of methoxy groups -OCH3 is 1. The monoisotopic (exact) mass is 400 g/mol. The van der Waals surface area contributed by atoms with Crippen molar-refractivity contribution in [2.75, 3.05) is 7.11 Å². The molecular weight excluding hydrogens is 385 g/mol. The molecular formula is C16H15F3N4O5. The number of carbonyl (C=O) groups excluding carboxylic acids is 1. The van der Waals surface area contributed by atoms with Gasteiger partial charge in [-0.05, 0) is 18.6 Å². The van der Waals surface area contributed by atoms with Crippen LogP contribution in [0.4, 0.5) is 13.2 Å². The maximum Gasteiger partial charge on any atom is 0.573 e. The van der Waals surface area contributed by atoms with Crippen LogP contribution in [0.15, 0.2) is 18.2 Å². The molecule has 2 aromatic rings. The normalized spacial score (nSPS) is 15.8. The Kier molecular flexibility index (Phi) is 5.12. The Labute approximate surface area is 156 Å². The zero-order chi connectivity index (χ0) is 20.5. The van der Waals surface area contributed by atoms with E-state index in [-0.39, 0.29) is 23.7 Å². The zero-order valence-corrected chi connectivity index (χ0v) is 14.5. The van der Waals surface area contributed by atoms with Gasteiger partial charge in [0.1, 0.15) is 23.4 Å². The van der Waals surface area contributed by atoms with Crippen molar-refractivity contribution in [2.24, 2.45) is 0 Å². The molecule has 0 saturated heterocycles. The summed E-state index contributed by atoms with van der Waals surface area (Å²) in [6.07, 6.45) is -4.02. The maximum absolute atomic E-state index is 12.4. The van der Waals surface area contributed by atoms with Gasteiger partial charge in [0, 0.05) is 12.5 Å². The number of carbonyl (C=O) groups is 2. The van der Waals surface area contributed by atoms with Crippen LogP contribution < -0.4 is 14.8 Å². The Morgan fingerprint density at radius 2 is 2.11 bits per heavy atom. The third-order valence-corrected chi connectivity index (χ3v) is 4.13. The van der Waals surface area contributed by atoms with Crippen LogP contribution in [0, 0.1) is 0 Å². The number of halogens is 3. The lowest BCUT2D eigenvalue weighted by molar-refractivity contribution is -0.274. The Morgan fingerprint density at radius 1 is 1.36 bits per heavy atom. The van der Waals surface area contributed by atoms with Gasteiger partial charge >= 0.3 is 12.3 Å². The van der Waals surface area contributed by atoms with Crippen LogP contribution in [0.1, 0.15) is 34.5 Å². The first-order valence-corrected chi connectivity index (χ1v) is 8.07. The van der Waals surface area contributed by atoms with Gasteiger partial charge in [0.05, 0.1) is 19.2 Å². The van der Waals surface area contributed by atoms with E-state index < -0.39 is 30.0 Å². The van der Waals surface area contributed by atoms with E-state index in [1.165, 1.54) is 11.7 Å². The number of aromatic nitrogens is 3. The number of hydrogen-bond donors (Lipinski definition) is 2. The van der Waals surface area contributed by atoms with Crippen molar-refractivity contribution < 1.29 is 37.3 Å². The van der Waals surface area contributed by atoms with E-state index in [0.717, 1.165) is 18.2 Å². The number of amides is 1. The minimum atomic E-state index is -4.87. The molecule has 12 heteroatoms. The third kappa shape index (κ3) is 4.00. The molecule has 9 nitrogen and oxygen atoms in total. The van der Waals surface area contributed by atoms with Crippen LogP contribution >= 0.6 is 0 Å². The Balaban J connectivity index is 1.73. The lowest BCUT2D eigenvalue weighted by atomic mass is 10.1. The van der Waals surface area contributed by atoms with Crippen molar-refractivity contribution in [1.82, 2.24) is 20.1 Å². The van der Waals surface area contributed by atoms with E-state index in [4.69, 9.17) is 4.74 Å². The van der Waals surface area contributed by atoms with Crippen LogP contribution in [0.2, 0.25) is 0 Å². The number of fused-ring (bicyclic) bond motifs is 1. The van der Waals surface area contributed by atoms with Gasteiger partial charge in [-0.25, -0.2) is 4.79 Å². The molecule has 3 rings (SSSR count). The van der Waals surface area contributed by atoms with Gasteiger partial charge in [0.2, 0.25) is 0 Å². The van der Waals surface area contributed by atoms with Crippen molar-refractivity contribution in [1.29, 1.82) is 0 Å². The second kappa shape index (κ2) is 7.37. The quantitative estimate of drug-likeness (QED) is 0.758. The van der Waals surface area contributed by atoms with Crippen LogP contribution in [-0.4, -0.2) is 45.2 Å². The average molecular weight is 400 g/mol. The van der Waals surface area contributed by atoms with Gasteiger partial charge in [-0.3, -0.25) is 9.36 Å². The predicted molar refractivity (Wildman–Crippen MR) is 85.9 cm³/mol. The maximum atomic E-state index is 12.4. The molecule has 1 atom stereocenters. The number of ether oxygens (including phenoxy) is 2. The molecule has 1 unspecified atom stereocenters. The van der Waals surface area contributed by atoms with Gasteiger partial charge in [-0.2, -0.15) is 0 Å². The molecule has 2 heterocycles. The minimum Gasteiger partial charge on any atom is -0.496 e. The summed E-state index contributed by atoms with van der Waals surface area (Å²) < 4.78 is 47.2. The van der Waals surface area contributed by atoms with Gasteiger partial charge in [0.15, 0.2) is 5.82 Å². The molecule has 1 amide bonds. The summed E-state index contributed by atoms with van der Waals surface area (Å²) in [6.45, 7) is -0.112. The highest BCUT2D eigenvalue weighted by Crippen LogP contribution is 2.29. The molecule has 2 N–H and O–H groups in total. The number of nitrogens with one attached hydrogen (secondary N) is 1. The summed E-state index contributed by atoms with van der Waals surface area (Å²) in [6, 6.07) is 2.26. The molecule has 28 heavy (non-hydrogen) atoms. The molecule has 1 aliphatic rings. The number of aliphatic carboxylic acids is 1. The highest BCUT2D eigenvalue weighted by Gasteiger charge is 2.33. The van der Waals surface area contributed by atoms with E-state index in [1.807, 2.05) is 0 Å². The second-order valence-corrected chi connectivity index (χ2v) is 5.89. The SMILES string of the molecule is COc1cc(OC(F)(F)F)ccc1C(=O)NCc1nnc2n1C(C(=O)O)CC2. The first-order chi connectivity index (χ1) is 13.2. The molecule has 150 valence electrons. The molecule has 0 bridgehead atoms. The number of nitrogens with zero attached hydrogens (tertiary/aromatic N) is 3. The Morgan fingerprint density at radius 3 is 2.75 bits per heavy atom. The predicted octanol–water partition coefficient (Wildman–Crippen LogP) is 1.69. The van der Waals surface area contributed by atoms with Gasteiger partial charge in [0.25, 0.3) is 5.91 Å². The van der Waals surface area contributed by atoms with Crippen LogP contribution in [0.5, 0.6) is 11.5 Å². The number of benzene rings is 1. The van der Waals surface area contributed by atoms with Crippen molar-refractivity contribution in [3.05, 3.63) is 35.4 Å². The van der Waals surface area contributed by atoms with Crippen LogP contribution in [0.3, 0.4) is 0 Å². The van der Waals surface area contributed by atoms with Crippen molar-refractivity contribution >= 4 is 11.9 Å². The fourth-order valence-electron chi connectivity index (χ4n) is 2.95. The van der Waals surface area contributed by atoms with E-state index in [0.29, 0.717) is 18.7 Å². The zero-order valence-electron chi connectivity index (χ0n) is 14.5. The van der Waals surface area contributed by atoms with Gasteiger partial charge in [-0.15, -0.1) is 23.4 Å². The molecule has 1 aliphatic heterocycles. The molecule has 0 fully saturated rings. The second-order valence-electron chi connectivity index (χ2n) is 5.89. The van der Waals surface area contributed by atoms with Crippen LogP contribution in [-0.2, 0) is 17.8 Å². The summed E-state index contributed by atoms with van der Waals surface area (Å²) in [5.74, 6) is -1.52. The number of rotatable bonds is 6. The van der Waals surface area contributed by atoms with E-state index in [2.05, 4.69) is 20.3 Å². The summed E-state index contributed by atoms with van der Waals surface area (Å²) in [5, 5.41) is 19.6. The molecule has 0 saturated carbocycles. The summed E-state index contributed by atoms with van der Waals surface area (Å²) in [7, 11) is 1.20. The fraction of sp³-hybridized carbons (Fsp3) is 0.375. The standard InChI is InChI=1S/C16H15F3N4O5/c1-27-11-6-8(28-16(17,18)19)2-3-9(11)14(24)20-7-13-22-21-12-5-4-10(15(25)26)23(12)13/h2-3,6,10H,4-5,7H2,1H3,(H,20,24)(H,25,26). The smallest absolute Gasteiger partial charge is 0.496 e. The average Bonchev–Trinajstić information content (AvgIpc) is 3.20. The van der Waals surface area contributed by atoms with Crippen LogP contribution in [0.25, 0.3) is 0 Å². The number of hydrogen-bond acceptors (Lipinski definition) is 6. The van der Waals surface area contributed by atoms with E-state index in [1.54, 1.807) is 0 Å². The lowest BCUT2D eigenvalue weighted by Crippen LogP contribution is -2.27. The summed E-state index contributed by atoms with van der Waals surface area (Å²) in [4.78, 5) is 23.7. The largest absolute Gasteiger partial charge is 0.573 e. The minimum absolute atomic E-state index is 0.0204. The topological polar surface area (TPSA) is 116 Å². The Hall–Kier alpha value is -3.31. The Bertz CT molecular complexity index is 912. The lowest BCUT2D eigenvalue weighted by Gasteiger charge is -2.14. The molecule has 1 aromatic carbocycles. The first kappa shape index (κ1) is 19.5. The van der Waals surface area contributed by atoms with Crippen molar-refractivity contribution in [3.63, 3.8) is 0 Å². The highest BCUT2D eigenvalue weighted by atomic mass is 19.4. The number of carboxylic acids is 1. The fourth-order valence-corrected chi connectivity index (χ4v) is 2.95. The first-order valence-electron chi connectivity index (χ1n) is 8.07. The van der Waals surface area contributed by atoms with E-state index in [9.17, 15) is 27.9 Å². The number of alkyl halides is 3. The molecule has 0 spiro atoms. The third-order valence-electron chi connectivity index (χ3n) is 4.13. The number of carboxylic acid groups (broad SMARTS) is 1. The molecule has 0 radical (unpaired) electrons. The molecule has 1 aromatic heterocycles. The van der Waals surface area contributed by atoms with E-state index >= 15 is 0 Å². The number of aryl methyl sites for hydroxylation is 1. The van der Waals surface area contributed by atoms with Gasteiger partial charge < -0.3 is 19.9 Å². The molecule has 0 aliphatic carbocycles. The highest BCUT2D eigenvalue weighted by molar-refractivity contribution is 5.97. The van der Waals surface area contributed by atoms with Gasteiger partial charge in [-0.1, -0.05) is 0 Å².